The van der Waals surface area contributed by atoms with E-state index in [9.17, 15) is 0 Å². The summed E-state index contributed by atoms with van der Waals surface area (Å²) < 4.78 is 0. The Balaban J connectivity index is 2.36. The van der Waals surface area contributed by atoms with Gasteiger partial charge in [0.1, 0.15) is 13.8 Å². The first-order valence-electron chi connectivity index (χ1n) is 5.40. The minimum atomic E-state index is -1.38. The fourth-order valence-electron chi connectivity index (χ4n) is 1.82. The van der Waals surface area contributed by atoms with Crippen molar-refractivity contribution in [3.63, 3.8) is 0 Å². The van der Waals surface area contributed by atoms with Crippen LogP contribution in [0.25, 0.3) is 5.57 Å². The average molecular weight is 222 g/mol. The van der Waals surface area contributed by atoms with Crippen LogP contribution in [0.3, 0.4) is 0 Å². The third-order valence-electron chi connectivity index (χ3n) is 2.63. The first-order chi connectivity index (χ1) is 7.09. The molecule has 0 aliphatic carbocycles. The number of H-pyrrole nitrogens is 1. The minimum Gasteiger partial charge on any atom is -0.313 e. The van der Waals surface area contributed by atoms with Crippen molar-refractivity contribution in [3.8, 4) is 0 Å². The van der Waals surface area contributed by atoms with Gasteiger partial charge in [-0.05, 0) is 18.5 Å². The van der Waals surface area contributed by atoms with Crippen molar-refractivity contribution in [1.29, 1.82) is 0 Å². The summed E-state index contributed by atoms with van der Waals surface area (Å²) in [6, 6.07) is 0. The molecular formula is C10H18N4Si. The Morgan fingerprint density at radius 2 is 2.07 bits per heavy atom. The number of rotatable bonds is 2. The van der Waals surface area contributed by atoms with Crippen molar-refractivity contribution < 1.29 is 0 Å². The molecule has 1 aromatic heterocycles. The number of aromatic amines is 1. The van der Waals surface area contributed by atoms with Gasteiger partial charge in [-0.2, -0.15) is 15.4 Å². The minimum absolute atomic E-state index is 0.952. The molecule has 2 N–H and O–H groups in total. The molecular weight excluding hydrogens is 204 g/mol. The highest BCUT2D eigenvalue weighted by Crippen LogP contribution is 2.17. The maximum Gasteiger partial charge on any atom is 0.107 e. The topological polar surface area (TPSA) is 53.6 Å². The van der Waals surface area contributed by atoms with E-state index < -0.39 is 8.07 Å². The molecule has 1 aliphatic heterocycles. The molecule has 0 radical (unpaired) electrons. The van der Waals surface area contributed by atoms with Crippen molar-refractivity contribution in [2.24, 2.45) is 0 Å². The molecule has 1 aromatic rings. The number of hydrogen-bond donors (Lipinski definition) is 2. The molecule has 2 heterocycles. The lowest BCUT2D eigenvalue weighted by atomic mass is 10.1. The molecule has 1 aliphatic rings. The smallest absolute Gasteiger partial charge is 0.107 e. The number of nitrogens with one attached hydrogen (secondary N) is 2. The van der Waals surface area contributed by atoms with E-state index in [0.29, 0.717) is 0 Å². The first kappa shape index (κ1) is 10.6. The van der Waals surface area contributed by atoms with Gasteiger partial charge in [0.05, 0.1) is 5.32 Å². The maximum atomic E-state index is 4.33. The van der Waals surface area contributed by atoms with E-state index in [1.807, 2.05) is 0 Å². The summed E-state index contributed by atoms with van der Waals surface area (Å²) in [6.45, 7) is 8.90. The van der Waals surface area contributed by atoms with Gasteiger partial charge in [0.25, 0.3) is 0 Å². The van der Waals surface area contributed by atoms with Crippen LogP contribution in [0.15, 0.2) is 6.08 Å². The zero-order chi connectivity index (χ0) is 10.9. The molecule has 15 heavy (non-hydrogen) atoms. The Morgan fingerprint density at radius 1 is 1.27 bits per heavy atom. The van der Waals surface area contributed by atoms with Crippen LogP contribution in [0, 0.1) is 0 Å². The van der Waals surface area contributed by atoms with Gasteiger partial charge in [0.2, 0.25) is 0 Å². The Bertz CT molecular complexity index is 375. The van der Waals surface area contributed by atoms with Crippen LogP contribution < -0.4 is 10.6 Å². The van der Waals surface area contributed by atoms with Gasteiger partial charge >= 0.3 is 0 Å². The van der Waals surface area contributed by atoms with Crippen LogP contribution in [-0.4, -0.2) is 36.6 Å². The van der Waals surface area contributed by atoms with E-state index in [-0.39, 0.29) is 0 Å². The summed E-state index contributed by atoms with van der Waals surface area (Å²) in [5.74, 6) is 0. The van der Waals surface area contributed by atoms with Crippen LogP contribution in [0.2, 0.25) is 19.6 Å². The van der Waals surface area contributed by atoms with Gasteiger partial charge in [-0.15, -0.1) is 0 Å². The van der Waals surface area contributed by atoms with Crippen molar-refractivity contribution >= 4 is 19.0 Å². The van der Waals surface area contributed by atoms with Crippen molar-refractivity contribution in [2.45, 2.75) is 26.1 Å². The summed E-state index contributed by atoms with van der Waals surface area (Å²) in [6.07, 6.45) is 3.29. The second-order valence-corrected chi connectivity index (χ2v) is 9.93. The Labute approximate surface area is 91.2 Å². The van der Waals surface area contributed by atoms with Crippen molar-refractivity contribution in [3.05, 3.63) is 11.8 Å². The van der Waals surface area contributed by atoms with Gasteiger partial charge in [0.15, 0.2) is 0 Å². The molecule has 2 rings (SSSR count). The second-order valence-electron chi connectivity index (χ2n) is 4.95. The molecule has 0 spiro atoms. The monoisotopic (exact) mass is 222 g/mol. The van der Waals surface area contributed by atoms with Gasteiger partial charge in [-0.25, -0.2) is 0 Å². The molecule has 5 heteroatoms. The van der Waals surface area contributed by atoms with E-state index in [2.05, 4.69) is 46.4 Å². The normalized spacial score (nSPS) is 17.7. The molecule has 0 unspecified atom stereocenters. The van der Waals surface area contributed by atoms with Crippen molar-refractivity contribution in [1.82, 2.24) is 20.7 Å². The van der Waals surface area contributed by atoms with Crippen LogP contribution in [0.4, 0.5) is 0 Å². The molecule has 0 amide bonds. The number of nitrogens with zero attached hydrogens (tertiary/aromatic N) is 2. The van der Waals surface area contributed by atoms with E-state index >= 15 is 0 Å². The Hall–Kier alpha value is -0.943. The SMILES string of the molecule is C[Si](C)(C)c1n[nH]nc1C1=CCNCC1. The van der Waals surface area contributed by atoms with Crippen LogP contribution in [0.5, 0.6) is 0 Å². The lowest BCUT2D eigenvalue weighted by molar-refractivity contribution is 0.736. The Morgan fingerprint density at radius 3 is 2.67 bits per heavy atom. The summed E-state index contributed by atoms with van der Waals surface area (Å²) in [5.41, 5.74) is 2.45. The highest BCUT2D eigenvalue weighted by Gasteiger charge is 2.26. The molecule has 0 saturated carbocycles. The largest absolute Gasteiger partial charge is 0.313 e. The predicted octanol–water partition coefficient (Wildman–Crippen LogP) is 0.727. The van der Waals surface area contributed by atoms with E-state index in [1.165, 1.54) is 10.9 Å². The van der Waals surface area contributed by atoms with Gasteiger partial charge in [-0.3, -0.25) is 0 Å². The standard InChI is InChI=1S/C10H18N4Si/c1-15(2,3)10-9(12-14-13-10)8-4-6-11-7-5-8/h4,11H,5-7H2,1-3H3,(H,12,13,14). The summed E-state index contributed by atoms with van der Waals surface area (Å²) in [4.78, 5) is 0. The number of hydrogen-bond acceptors (Lipinski definition) is 3. The van der Waals surface area contributed by atoms with Crippen molar-refractivity contribution in [2.75, 3.05) is 13.1 Å². The van der Waals surface area contributed by atoms with Gasteiger partial charge in [0, 0.05) is 6.54 Å². The van der Waals surface area contributed by atoms with Crippen LogP contribution in [-0.2, 0) is 0 Å². The van der Waals surface area contributed by atoms with Crippen LogP contribution >= 0.6 is 0 Å². The molecule has 0 aromatic carbocycles. The van der Waals surface area contributed by atoms with Gasteiger partial charge in [-0.1, -0.05) is 25.7 Å². The summed E-state index contributed by atoms with van der Waals surface area (Å²) in [5, 5.41) is 15.9. The van der Waals surface area contributed by atoms with E-state index in [1.54, 1.807) is 0 Å². The quantitative estimate of drug-likeness (QED) is 0.725. The molecule has 82 valence electrons. The van der Waals surface area contributed by atoms with Crippen LogP contribution in [0.1, 0.15) is 12.1 Å². The summed E-state index contributed by atoms with van der Waals surface area (Å²) in [7, 11) is -1.38. The lowest BCUT2D eigenvalue weighted by Gasteiger charge is -2.17. The fraction of sp³-hybridized carbons (Fsp3) is 0.600. The average Bonchev–Trinajstić information content (AvgIpc) is 2.67. The second kappa shape index (κ2) is 3.90. The molecule has 0 atom stereocenters. The predicted molar refractivity (Wildman–Crippen MR) is 64.8 cm³/mol. The molecule has 0 bridgehead atoms. The molecule has 0 saturated heterocycles. The Kier molecular flexibility index (Phi) is 2.75. The van der Waals surface area contributed by atoms with Gasteiger partial charge < -0.3 is 5.32 Å². The third kappa shape index (κ3) is 2.18. The first-order valence-corrected chi connectivity index (χ1v) is 8.90. The third-order valence-corrected chi connectivity index (χ3v) is 4.40. The van der Waals surface area contributed by atoms with E-state index in [0.717, 1.165) is 25.2 Å². The molecule has 0 fully saturated rings. The molecule has 4 nitrogen and oxygen atoms in total. The maximum absolute atomic E-state index is 4.33. The number of aromatic nitrogens is 3. The van der Waals surface area contributed by atoms with E-state index in [4.69, 9.17) is 0 Å². The highest BCUT2D eigenvalue weighted by molar-refractivity contribution is 6.88. The summed E-state index contributed by atoms with van der Waals surface area (Å²) >= 11 is 0. The highest BCUT2D eigenvalue weighted by atomic mass is 28.3. The zero-order valence-electron chi connectivity index (χ0n) is 9.59. The fourth-order valence-corrected chi connectivity index (χ4v) is 3.13. The lowest BCUT2D eigenvalue weighted by Crippen LogP contribution is -2.41. The zero-order valence-corrected chi connectivity index (χ0v) is 10.6.